The summed E-state index contributed by atoms with van der Waals surface area (Å²) in [6, 6.07) is 3.39. The molecule has 0 saturated carbocycles. The highest BCUT2D eigenvalue weighted by Crippen LogP contribution is 2.16. The zero-order valence-corrected chi connectivity index (χ0v) is 7.50. The topological polar surface area (TPSA) is 94.4 Å². The average Bonchev–Trinajstić information content (AvgIpc) is 2.65. The fourth-order valence-corrected chi connectivity index (χ4v) is 1.64. The Balaban J connectivity index is 2.74. The van der Waals surface area contributed by atoms with E-state index in [4.69, 9.17) is 0 Å². The number of H-pyrrole nitrogens is 3. The van der Waals surface area contributed by atoms with E-state index < -0.39 is 11.2 Å². The van der Waals surface area contributed by atoms with Crippen LogP contribution in [0.4, 0.5) is 0 Å². The molecule has 0 aliphatic carbocycles. The van der Waals surface area contributed by atoms with E-state index in [-0.39, 0.29) is 0 Å². The number of nitrogens with zero attached hydrogens (tertiary/aromatic N) is 1. The molecule has 0 unspecified atom stereocenters. The highest BCUT2D eigenvalue weighted by molar-refractivity contribution is 6.00. The maximum atomic E-state index is 11.5. The Hall–Kier alpha value is -2.37. The molecule has 2 aromatic heterocycles. The maximum Gasteiger partial charge on any atom is 0.326 e. The van der Waals surface area contributed by atoms with Gasteiger partial charge in [0.15, 0.2) is 0 Å². The predicted octanol–water partition coefficient (Wildman–Crippen LogP) is 0.0927. The smallest absolute Gasteiger partial charge is 0.326 e. The number of aromatic amines is 3. The molecule has 0 amide bonds. The van der Waals surface area contributed by atoms with Crippen molar-refractivity contribution in [3.8, 4) is 0 Å². The fourth-order valence-electron chi connectivity index (χ4n) is 1.64. The summed E-state index contributed by atoms with van der Waals surface area (Å²) in [5, 5.41) is 0.425. The summed E-state index contributed by atoms with van der Waals surface area (Å²) < 4.78 is 0. The van der Waals surface area contributed by atoms with Crippen LogP contribution < -0.4 is 11.2 Å². The zero-order chi connectivity index (χ0) is 10.4. The van der Waals surface area contributed by atoms with Crippen molar-refractivity contribution in [2.24, 2.45) is 0 Å². The van der Waals surface area contributed by atoms with Crippen LogP contribution in [0.3, 0.4) is 0 Å². The summed E-state index contributed by atoms with van der Waals surface area (Å²) in [7, 11) is 0. The number of fused-ring (bicyclic) bond motifs is 3. The molecule has 6 nitrogen and oxygen atoms in total. The number of imidazole rings is 1. The van der Waals surface area contributed by atoms with E-state index in [0.29, 0.717) is 16.4 Å². The van der Waals surface area contributed by atoms with Gasteiger partial charge in [-0.05, 0) is 12.1 Å². The Bertz CT molecular complexity index is 765. The second-order valence-electron chi connectivity index (χ2n) is 3.20. The lowest BCUT2D eigenvalue weighted by Gasteiger charge is -1.96. The number of nitrogens with one attached hydrogen (secondary N) is 3. The van der Waals surface area contributed by atoms with Crippen molar-refractivity contribution >= 4 is 21.9 Å². The molecule has 3 N–H and O–H groups in total. The van der Waals surface area contributed by atoms with E-state index in [1.165, 1.54) is 6.33 Å². The van der Waals surface area contributed by atoms with Crippen LogP contribution in [0, 0.1) is 0 Å². The van der Waals surface area contributed by atoms with Gasteiger partial charge in [0.05, 0.1) is 22.7 Å². The lowest BCUT2D eigenvalue weighted by molar-refractivity contribution is 1.08. The van der Waals surface area contributed by atoms with Gasteiger partial charge in [-0.15, -0.1) is 0 Å². The van der Waals surface area contributed by atoms with Gasteiger partial charge >= 0.3 is 5.69 Å². The molecule has 0 saturated heterocycles. The van der Waals surface area contributed by atoms with Crippen molar-refractivity contribution in [3.63, 3.8) is 0 Å². The second kappa shape index (κ2) is 2.57. The molecule has 15 heavy (non-hydrogen) atoms. The largest absolute Gasteiger partial charge is 0.345 e. The van der Waals surface area contributed by atoms with Crippen LogP contribution in [0.25, 0.3) is 21.9 Å². The lowest BCUT2D eigenvalue weighted by Crippen LogP contribution is -2.21. The molecule has 0 atom stereocenters. The number of hydrogen-bond donors (Lipinski definition) is 3. The first-order chi connectivity index (χ1) is 7.25. The molecule has 0 aliphatic rings. The zero-order valence-electron chi connectivity index (χ0n) is 7.50. The van der Waals surface area contributed by atoms with Gasteiger partial charge in [-0.25, -0.2) is 9.78 Å². The number of hydrogen-bond acceptors (Lipinski definition) is 3. The highest BCUT2D eigenvalue weighted by Gasteiger charge is 2.06. The normalized spacial score (nSPS) is 11.2. The van der Waals surface area contributed by atoms with Crippen molar-refractivity contribution in [1.29, 1.82) is 0 Å². The highest BCUT2D eigenvalue weighted by atomic mass is 16.2. The Morgan fingerprint density at radius 3 is 2.87 bits per heavy atom. The first kappa shape index (κ1) is 7.98. The number of benzene rings is 1. The Morgan fingerprint density at radius 2 is 2.00 bits per heavy atom. The molecule has 74 valence electrons. The van der Waals surface area contributed by atoms with Crippen LogP contribution in [-0.2, 0) is 0 Å². The summed E-state index contributed by atoms with van der Waals surface area (Å²) in [6.07, 6.45) is 1.52. The van der Waals surface area contributed by atoms with Crippen LogP contribution >= 0.6 is 0 Å². The van der Waals surface area contributed by atoms with Gasteiger partial charge in [-0.2, -0.15) is 0 Å². The standard InChI is InChI=1S/C9H6N4O2/c14-8-4-1-2-5-7(11-3-10-5)6(4)12-9(15)13-8/h1-3H,(H,10,11)(H2,12,13,14,15). The van der Waals surface area contributed by atoms with E-state index in [9.17, 15) is 9.59 Å². The minimum absolute atomic E-state index is 0.404. The Kier molecular flexibility index (Phi) is 1.37. The number of rotatable bonds is 0. The minimum Gasteiger partial charge on any atom is -0.345 e. The minimum atomic E-state index is -0.525. The van der Waals surface area contributed by atoms with Gasteiger partial charge in [0.25, 0.3) is 5.56 Å². The molecular weight excluding hydrogens is 196 g/mol. The third kappa shape index (κ3) is 1.01. The molecule has 2 heterocycles. The molecule has 3 aromatic rings. The van der Waals surface area contributed by atoms with Crippen molar-refractivity contribution in [3.05, 3.63) is 39.3 Å². The van der Waals surface area contributed by atoms with Crippen molar-refractivity contribution in [2.45, 2.75) is 0 Å². The van der Waals surface area contributed by atoms with Gasteiger partial charge in [0.2, 0.25) is 0 Å². The summed E-state index contributed by atoms with van der Waals surface area (Å²) in [4.78, 5) is 34.3. The predicted molar refractivity (Wildman–Crippen MR) is 54.8 cm³/mol. The molecule has 0 fully saturated rings. The van der Waals surface area contributed by atoms with E-state index in [2.05, 4.69) is 19.9 Å². The summed E-state index contributed by atoms with van der Waals surface area (Å²) in [6.45, 7) is 0. The van der Waals surface area contributed by atoms with Crippen LogP contribution in [0.15, 0.2) is 28.0 Å². The van der Waals surface area contributed by atoms with Crippen LogP contribution in [0.5, 0.6) is 0 Å². The van der Waals surface area contributed by atoms with Crippen LogP contribution in [0.1, 0.15) is 0 Å². The average molecular weight is 202 g/mol. The quantitative estimate of drug-likeness (QED) is 0.482. The monoisotopic (exact) mass is 202 g/mol. The molecule has 0 spiro atoms. The van der Waals surface area contributed by atoms with Gasteiger partial charge in [0, 0.05) is 0 Å². The second-order valence-corrected chi connectivity index (χ2v) is 3.20. The van der Waals surface area contributed by atoms with E-state index in [0.717, 1.165) is 5.52 Å². The van der Waals surface area contributed by atoms with E-state index in [1.807, 2.05) is 0 Å². The van der Waals surface area contributed by atoms with Crippen molar-refractivity contribution < 1.29 is 0 Å². The maximum absolute atomic E-state index is 11.5. The Morgan fingerprint density at radius 1 is 1.13 bits per heavy atom. The molecule has 0 radical (unpaired) electrons. The van der Waals surface area contributed by atoms with Crippen molar-refractivity contribution in [1.82, 2.24) is 19.9 Å². The van der Waals surface area contributed by atoms with Gasteiger partial charge in [-0.1, -0.05) is 0 Å². The van der Waals surface area contributed by atoms with Gasteiger partial charge < -0.3 is 9.97 Å². The first-order valence-electron chi connectivity index (χ1n) is 4.34. The molecule has 3 rings (SSSR count). The lowest BCUT2D eigenvalue weighted by atomic mass is 10.2. The molecular formula is C9H6N4O2. The fraction of sp³-hybridized carbons (Fsp3) is 0. The number of aromatic nitrogens is 4. The van der Waals surface area contributed by atoms with Crippen molar-refractivity contribution in [2.75, 3.05) is 0 Å². The van der Waals surface area contributed by atoms with E-state index >= 15 is 0 Å². The third-order valence-electron chi connectivity index (χ3n) is 2.30. The molecule has 0 bridgehead atoms. The molecule has 6 heteroatoms. The van der Waals surface area contributed by atoms with E-state index in [1.54, 1.807) is 12.1 Å². The Labute approximate surface area is 82.0 Å². The van der Waals surface area contributed by atoms with Crippen LogP contribution in [0.2, 0.25) is 0 Å². The summed E-state index contributed by atoms with van der Waals surface area (Å²) in [5.74, 6) is 0. The SMILES string of the molecule is O=c1[nH]c(=O)c2ccc3[nH]cnc3c2[nH]1. The molecule has 0 aliphatic heterocycles. The van der Waals surface area contributed by atoms with Gasteiger partial charge in [0.1, 0.15) is 5.52 Å². The molecule has 1 aromatic carbocycles. The first-order valence-corrected chi connectivity index (χ1v) is 4.34. The third-order valence-corrected chi connectivity index (χ3v) is 2.30. The van der Waals surface area contributed by atoms with Gasteiger partial charge in [-0.3, -0.25) is 9.78 Å². The summed E-state index contributed by atoms with van der Waals surface area (Å²) in [5.41, 5.74) is 0.906. The summed E-state index contributed by atoms with van der Waals surface area (Å²) >= 11 is 0. The van der Waals surface area contributed by atoms with Crippen LogP contribution in [-0.4, -0.2) is 19.9 Å².